The number of fused-ring (bicyclic) bond motifs is 2. The second kappa shape index (κ2) is 7.26. The van der Waals surface area contributed by atoms with Gasteiger partial charge in [0.25, 0.3) is 0 Å². The van der Waals surface area contributed by atoms with Crippen LogP contribution < -0.4 is 0 Å². The molecule has 1 aliphatic carbocycles. The summed E-state index contributed by atoms with van der Waals surface area (Å²) >= 11 is 0. The molecule has 0 amide bonds. The van der Waals surface area contributed by atoms with Gasteiger partial charge in [0.1, 0.15) is 0 Å². The minimum Gasteiger partial charge on any atom is -0.469 e. The summed E-state index contributed by atoms with van der Waals surface area (Å²) in [5.41, 5.74) is 1.67. The Kier molecular flexibility index (Phi) is 5.58. The number of ether oxygens (including phenoxy) is 2. The Labute approximate surface area is 138 Å². The van der Waals surface area contributed by atoms with Crippen molar-refractivity contribution < 1.29 is 19.1 Å². The molecule has 23 heavy (non-hydrogen) atoms. The number of rotatable bonds is 6. The lowest BCUT2D eigenvalue weighted by Gasteiger charge is -2.29. The van der Waals surface area contributed by atoms with Crippen LogP contribution in [-0.2, 0) is 19.1 Å². The molecule has 0 saturated carbocycles. The van der Waals surface area contributed by atoms with Crippen LogP contribution in [-0.4, -0.2) is 31.1 Å². The smallest absolute Gasteiger partial charge is 0.306 e. The van der Waals surface area contributed by atoms with Gasteiger partial charge in [-0.1, -0.05) is 29.4 Å². The summed E-state index contributed by atoms with van der Waals surface area (Å²) in [7, 11) is 1.35. The third-order valence-corrected chi connectivity index (χ3v) is 4.60. The predicted octanol–water partition coefficient (Wildman–Crippen LogP) is 3.53. The molecule has 3 atom stereocenters. The van der Waals surface area contributed by atoms with Crippen LogP contribution in [0.5, 0.6) is 0 Å². The van der Waals surface area contributed by atoms with Crippen LogP contribution in [0.15, 0.2) is 35.5 Å². The van der Waals surface area contributed by atoms with Crippen molar-refractivity contribution in [2.24, 2.45) is 5.41 Å². The van der Waals surface area contributed by atoms with Gasteiger partial charge < -0.3 is 9.47 Å². The lowest BCUT2D eigenvalue weighted by atomic mass is 9.70. The fraction of sp³-hybridized carbons (Fsp3) is 0.579. The van der Waals surface area contributed by atoms with E-state index < -0.39 is 5.41 Å². The molecular formula is C19H26O4. The summed E-state index contributed by atoms with van der Waals surface area (Å²) in [5.74, 6) is -0.395. The van der Waals surface area contributed by atoms with E-state index in [1.807, 2.05) is 13.0 Å². The normalized spacial score (nSPS) is 29.6. The summed E-state index contributed by atoms with van der Waals surface area (Å²) in [6.45, 7) is 6.21. The first-order valence-electron chi connectivity index (χ1n) is 8.13. The first kappa shape index (κ1) is 17.7. The summed E-state index contributed by atoms with van der Waals surface area (Å²) in [5, 5.41) is 0. The second-order valence-electron chi connectivity index (χ2n) is 6.76. The Morgan fingerprint density at radius 3 is 2.83 bits per heavy atom. The lowest BCUT2D eigenvalue weighted by molar-refractivity contribution is -0.147. The molecule has 1 heterocycles. The number of carbonyl (C=O) groups is 2. The molecule has 0 aromatic carbocycles. The van der Waals surface area contributed by atoms with Gasteiger partial charge in [0.05, 0.1) is 31.2 Å². The molecule has 126 valence electrons. The average molecular weight is 318 g/mol. The Morgan fingerprint density at radius 1 is 1.43 bits per heavy atom. The van der Waals surface area contributed by atoms with E-state index in [0.717, 1.165) is 12.8 Å². The number of esters is 1. The quantitative estimate of drug-likeness (QED) is 0.555. The number of carbonyl (C=O) groups excluding carboxylic acids is 2. The monoisotopic (exact) mass is 318 g/mol. The van der Waals surface area contributed by atoms with E-state index in [2.05, 4.69) is 19.9 Å². The van der Waals surface area contributed by atoms with E-state index in [-0.39, 0.29) is 30.4 Å². The SMILES string of the molecule is COC(=O)CC12CC(C=CC1=O)OC2C=C(C)CCC=C(C)C. The molecule has 1 aliphatic heterocycles. The van der Waals surface area contributed by atoms with Crippen LogP contribution >= 0.6 is 0 Å². The van der Waals surface area contributed by atoms with E-state index in [1.165, 1.54) is 18.3 Å². The lowest BCUT2D eigenvalue weighted by Crippen LogP contribution is -2.40. The summed E-state index contributed by atoms with van der Waals surface area (Å²) in [6.07, 6.45) is 9.64. The zero-order chi connectivity index (χ0) is 17.0. The van der Waals surface area contributed by atoms with E-state index in [9.17, 15) is 9.59 Å². The molecule has 1 saturated heterocycles. The maximum atomic E-state index is 12.5. The van der Waals surface area contributed by atoms with E-state index in [0.29, 0.717) is 6.42 Å². The van der Waals surface area contributed by atoms with Gasteiger partial charge in [0.15, 0.2) is 5.78 Å². The van der Waals surface area contributed by atoms with E-state index in [4.69, 9.17) is 9.47 Å². The fourth-order valence-corrected chi connectivity index (χ4v) is 3.28. The number of hydrogen-bond acceptors (Lipinski definition) is 4. The number of methoxy groups -OCH3 is 1. The third-order valence-electron chi connectivity index (χ3n) is 4.60. The van der Waals surface area contributed by atoms with Crippen molar-refractivity contribution in [2.75, 3.05) is 7.11 Å². The average Bonchev–Trinajstić information content (AvgIpc) is 2.77. The molecule has 3 unspecified atom stereocenters. The second-order valence-corrected chi connectivity index (χ2v) is 6.76. The maximum Gasteiger partial charge on any atom is 0.306 e. The highest BCUT2D eigenvalue weighted by Gasteiger charge is 2.54. The van der Waals surface area contributed by atoms with Gasteiger partial charge in [0.2, 0.25) is 0 Å². The molecule has 0 spiro atoms. The minimum absolute atomic E-state index is 0.0324. The van der Waals surface area contributed by atoms with Crippen LogP contribution in [0.2, 0.25) is 0 Å². The highest BCUT2D eigenvalue weighted by molar-refractivity contribution is 5.99. The van der Waals surface area contributed by atoms with E-state index >= 15 is 0 Å². The van der Waals surface area contributed by atoms with Crippen molar-refractivity contribution >= 4 is 11.8 Å². The van der Waals surface area contributed by atoms with E-state index in [1.54, 1.807) is 12.2 Å². The number of allylic oxidation sites excluding steroid dienone is 4. The van der Waals surface area contributed by atoms with Crippen molar-refractivity contribution in [3.8, 4) is 0 Å². The van der Waals surface area contributed by atoms with Gasteiger partial charge in [-0.05, 0) is 46.1 Å². The topological polar surface area (TPSA) is 52.6 Å². The van der Waals surface area contributed by atoms with Crippen molar-refractivity contribution in [3.05, 3.63) is 35.5 Å². The molecular weight excluding hydrogens is 292 g/mol. The Bertz CT molecular complexity index is 566. The predicted molar refractivity (Wildman–Crippen MR) is 88.9 cm³/mol. The van der Waals surface area contributed by atoms with Gasteiger partial charge in [-0.15, -0.1) is 0 Å². The molecule has 0 aromatic heterocycles. The van der Waals surface area contributed by atoms with Crippen LogP contribution in [0, 0.1) is 5.41 Å². The summed E-state index contributed by atoms with van der Waals surface area (Å²) in [4.78, 5) is 24.3. The standard InChI is InChI=1S/C19H26O4/c1-13(2)6-5-7-14(3)10-17-19(12-18(21)22-4)11-15(23-17)8-9-16(19)20/h6,8-10,15,17H,5,7,11-12H2,1-4H3. The van der Waals surface area contributed by atoms with Gasteiger partial charge in [-0.3, -0.25) is 9.59 Å². The molecule has 2 aliphatic rings. The molecule has 4 nitrogen and oxygen atoms in total. The van der Waals surface area contributed by atoms with Crippen LogP contribution in [0.25, 0.3) is 0 Å². The highest BCUT2D eigenvalue weighted by Crippen LogP contribution is 2.47. The maximum absolute atomic E-state index is 12.5. The van der Waals surface area contributed by atoms with Crippen molar-refractivity contribution in [2.45, 2.75) is 58.7 Å². The highest BCUT2D eigenvalue weighted by atomic mass is 16.5. The first-order chi connectivity index (χ1) is 10.9. The summed E-state index contributed by atoms with van der Waals surface area (Å²) < 4.78 is 10.8. The van der Waals surface area contributed by atoms with Gasteiger partial charge in [-0.2, -0.15) is 0 Å². The molecule has 2 rings (SSSR count). The van der Waals surface area contributed by atoms with Crippen molar-refractivity contribution in [3.63, 3.8) is 0 Å². The molecule has 0 aromatic rings. The first-order valence-corrected chi connectivity index (χ1v) is 8.13. The number of ketones is 1. The van der Waals surface area contributed by atoms with Crippen LogP contribution in [0.1, 0.15) is 46.5 Å². The molecule has 1 fully saturated rings. The number of hydrogen-bond donors (Lipinski definition) is 0. The fourth-order valence-electron chi connectivity index (χ4n) is 3.28. The Balaban J connectivity index is 2.18. The van der Waals surface area contributed by atoms with Crippen LogP contribution in [0.4, 0.5) is 0 Å². The Morgan fingerprint density at radius 2 is 2.17 bits per heavy atom. The zero-order valence-electron chi connectivity index (χ0n) is 14.4. The summed E-state index contributed by atoms with van der Waals surface area (Å²) in [6, 6.07) is 0. The Hall–Kier alpha value is -1.68. The largest absolute Gasteiger partial charge is 0.469 e. The van der Waals surface area contributed by atoms with Crippen molar-refractivity contribution in [1.82, 2.24) is 0 Å². The molecule has 0 N–H and O–H groups in total. The molecule has 4 heteroatoms. The van der Waals surface area contributed by atoms with Gasteiger partial charge >= 0.3 is 5.97 Å². The molecule has 0 radical (unpaired) electrons. The van der Waals surface area contributed by atoms with Crippen LogP contribution in [0.3, 0.4) is 0 Å². The minimum atomic E-state index is -0.801. The zero-order valence-corrected chi connectivity index (χ0v) is 14.4. The third kappa shape index (κ3) is 3.99. The van der Waals surface area contributed by atoms with Gasteiger partial charge in [0, 0.05) is 0 Å². The van der Waals surface area contributed by atoms with Gasteiger partial charge in [-0.25, -0.2) is 0 Å². The van der Waals surface area contributed by atoms with Crippen molar-refractivity contribution in [1.29, 1.82) is 0 Å². The molecule has 2 bridgehead atoms.